The lowest BCUT2D eigenvalue weighted by Gasteiger charge is -2.12. The number of hydrogen-bond acceptors (Lipinski definition) is 5. The van der Waals surface area contributed by atoms with Gasteiger partial charge >= 0.3 is 0 Å². The first-order chi connectivity index (χ1) is 15.0. The zero-order valence-corrected chi connectivity index (χ0v) is 18.4. The van der Waals surface area contributed by atoms with Crippen LogP contribution in [-0.4, -0.2) is 26.3 Å². The van der Waals surface area contributed by atoms with Crippen LogP contribution in [0.25, 0.3) is 0 Å². The molecular weight excluding hydrogens is 439 g/mol. The van der Waals surface area contributed by atoms with Crippen molar-refractivity contribution in [2.75, 3.05) is 14.2 Å². The van der Waals surface area contributed by atoms with Gasteiger partial charge in [0, 0.05) is 15.6 Å². The molecule has 31 heavy (non-hydrogen) atoms. The van der Waals surface area contributed by atoms with Crippen molar-refractivity contribution in [2.24, 2.45) is 5.10 Å². The lowest BCUT2D eigenvalue weighted by Crippen LogP contribution is -2.18. The van der Waals surface area contributed by atoms with E-state index >= 15 is 0 Å². The summed E-state index contributed by atoms with van der Waals surface area (Å²) in [4.78, 5) is 12.3. The van der Waals surface area contributed by atoms with Crippen LogP contribution in [0.4, 0.5) is 0 Å². The fourth-order valence-electron chi connectivity index (χ4n) is 2.74. The van der Waals surface area contributed by atoms with Crippen LogP contribution in [0, 0.1) is 0 Å². The molecule has 1 amide bonds. The zero-order valence-electron chi connectivity index (χ0n) is 16.9. The van der Waals surface area contributed by atoms with Gasteiger partial charge in [-0.05, 0) is 48.0 Å². The fourth-order valence-corrected chi connectivity index (χ4v) is 3.20. The van der Waals surface area contributed by atoms with Crippen LogP contribution in [0.5, 0.6) is 17.2 Å². The molecule has 0 saturated carbocycles. The Balaban J connectivity index is 1.65. The van der Waals surface area contributed by atoms with Crippen LogP contribution in [0.1, 0.15) is 21.5 Å². The average molecular weight is 459 g/mol. The van der Waals surface area contributed by atoms with Gasteiger partial charge in [0.05, 0.1) is 26.0 Å². The highest BCUT2D eigenvalue weighted by molar-refractivity contribution is 6.35. The average Bonchev–Trinajstić information content (AvgIpc) is 2.78. The molecule has 3 aromatic carbocycles. The van der Waals surface area contributed by atoms with E-state index in [-0.39, 0.29) is 12.5 Å². The van der Waals surface area contributed by atoms with Crippen molar-refractivity contribution in [3.05, 3.63) is 87.4 Å². The highest BCUT2D eigenvalue weighted by atomic mass is 35.5. The number of hydrazone groups is 1. The smallest absolute Gasteiger partial charge is 0.275 e. The lowest BCUT2D eigenvalue weighted by atomic mass is 10.2. The third kappa shape index (κ3) is 5.90. The second-order valence-electron chi connectivity index (χ2n) is 6.33. The van der Waals surface area contributed by atoms with E-state index in [1.54, 1.807) is 61.7 Å². The maximum absolute atomic E-state index is 12.3. The fraction of sp³-hybridized carbons (Fsp3) is 0.130. The molecule has 1 N–H and O–H groups in total. The molecule has 3 rings (SSSR count). The summed E-state index contributed by atoms with van der Waals surface area (Å²) in [6.07, 6.45) is 1.51. The van der Waals surface area contributed by atoms with Crippen molar-refractivity contribution in [1.29, 1.82) is 0 Å². The van der Waals surface area contributed by atoms with Crippen molar-refractivity contribution in [3.63, 3.8) is 0 Å². The summed E-state index contributed by atoms with van der Waals surface area (Å²) in [5, 5.41) is 5.10. The summed E-state index contributed by atoms with van der Waals surface area (Å²) in [5.41, 5.74) is 4.40. The van der Waals surface area contributed by atoms with Gasteiger partial charge < -0.3 is 14.2 Å². The molecule has 0 aromatic heterocycles. The van der Waals surface area contributed by atoms with Gasteiger partial charge in [0.2, 0.25) is 0 Å². The van der Waals surface area contributed by atoms with Gasteiger partial charge in [0.25, 0.3) is 5.91 Å². The molecule has 0 saturated heterocycles. The van der Waals surface area contributed by atoms with E-state index in [9.17, 15) is 4.79 Å². The Morgan fingerprint density at radius 2 is 1.74 bits per heavy atom. The molecule has 0 bridgehead atoms. The van der Waals surface area contributed by atoms with Gasteiger partial charge in [-0.15, -0.1) is 0 Å². The normalized spacial score (nSPS) is 10.7. The van der Waals surface area contributed by atoms with Gasteiger partial charge in [0.1, 0.15) is 12.4 Å². The van der Waals surface area contributed by atoms with Crippen LogP contribution < -0.4 is 19.6 Å². The molecule has 0 aliphatic rings. The number of halogens is 2. The Morgan fingerprint density at radius 1 is 0.968 bits per heavy atom. The molecule has 0 spiro atoms. The van der Waals surface area contributed by atoms with Gasteiger partial charge in [-0.25, -0.2) is 5.43 Å². The Kier molecular flexibility index (Phi) is 7.76. The van der Waals surface area contributed by atoms with Crippen molar-refractivity contribution < 1.29 is 19.0 Å². The first-order valence-electron chi connectivity index (χ1n) is 9.23. The maximum atomic E-state index is 12.3. The van der Waals surface area contributed by atoms with E-state index in [4.69, 9.17) is 37.4 Å². The molecule has 6 nitrogen and oxygen atoms in total. The predicted octanol–water partition coefficient (Wildman–Crippen LogP) is 5.35. The molecule has 0 radical (unpaired) electrons. The van der Waals surface area contributed by atoms with Gasteiger partial charge in [0.15, 0.2) is 11.5 Å². The molecule has 0 atom stereocenters. The van der Waals surface area contributed by atoms with Crippen LogP contribution >= 0.6 is 23.2 Å². The van der Waals surface area contributed by atoms with Crippen molar-refractivity contribution in [3.8, 4) is 17.2 Å². The van der Waals surface area contributed by atoms with E-state index in [1.807, 2.05) is 6.07 Å². The molecule has 0 unspecified atom stereocenters. The summed E-state index contributed by atoms with van der Waals surface area (Å²) in [7, 11) is 3.05. The molecule has 3 aromatic rings. The minimum atomic E-state index is -0.375. The summed E-state index contributed by atoms with van der Waals surface area (Å²) in [6.45, 7) is 0.259. The number of carbonyl (C=O) groups is 1. The summed E-state index contributed by atoms with van der Waals surface area (Å²) < 4.78 is 16.4. The summed E-state index contributed by atoms with van der Waals surface area (Å²) >= 11 is 12.1. The molecule has 0 aliphatic carbocycles. The van der Waals surface area contributed by atoms with E-state index in [0.717, 1.165) is 5.56 Å². The number of nitrogens with zero attached hydrogens (tertiary/aromatic N) is 1. The zero-order chi connectivity index (χ0) is 22.2. The van der Waals surface area contributed by atoms with Crippen LogP contribution in [0.15, 0.2) is 65.8 Å². The quantitative estimate of drug-likeness (QED) is 0.364. The highest BCUT2D eigenvalue weighted by Gasteiger charge is 2.11. The molecule has 0 fully saturated rings. The summed E-state index contributed by atoms with van der Waals surface area (Å²) in [6, 6.07) is 17.4. The second kappa shape index (κ2) is 10.7. The predicted molar refractivity (Wildman–Crippen MR) is 122 cm³/mol. The number of hydrogen-bond donors (Lipinski definition) is 1. The van der Waals surface area contributed by atoms with E-state index in [2.05, 4.69) is 10.5 Å². The van der Waals surface area contributed by atoms with Crippen LogP contribution in [0.3, 0.4) is 0 Å². The number of benzene rings is 3. The monoisotopic (exact) mass is 458 g/mol. The molecule has 0 aliphatic heterocycles. The Morgan fingerprint density at radius 3 is 2.48 bits per heavy atom. The standard InChI is InChI=1S/C23H20Cl2N2O4/c1-29-20-6-4-3-5-18(20)23(28)27-26-13-15-7-10-21(22(11-15)30-2)31-14-16-8-9-17(24)12-19(16)25/h3-13H,14H2,1-2H3,(H,27,28)/b26-13-. The van der Waals surface area contributed by atoms with Gasteiger partial charge in [-0.1, -0.05) is 41.4 Å². The molecule has 8 heteroatoms. The maximum Gasteiger partial charge on any atom is 0.275 e. The van der Waals surface area contributed by atoms with E-state index in [0.29, 0.717) is 38.4 Å². The first-order valence-corrected chi connectivity index (χ1v) is 9.98. The third-order valence-electron chi connectivity index (χ3n) is 4.32. The molecular formula is C23H20Cl2N2O4. The van der Waals surface area contributed by atoms with Crippen molar-refractivity contribution in [1.82, 2.24) is 5.43 Å². The number of rotatable bonds is 8. The Labute approximate surface area is 190 Å². The number of ether oxygens (including phenoxy) is 3. The van der Waals surface area contributed by atoms with Crippen LogP contribution in [0.2, 0.25) is 10.0 Å². The van der Waals surface area contributed by atoms with Gasteiger partial charge in [-0.2, -0.15) is 5.10 Å². The van der Waals surface area contributed by atoms with E-state index in [1.165, 1.54) is 13.3 Å². The minimum absolute atomic E-state index is 0.259. The summed E-state index contributed by atoms with van der Waals surface area (Å²) in [5.74, 6) is 1.16. The number of amides is 1. The third-order valence-corrected chi connectivity index (χ3v) is 4.90. The number of para-hydroxylation sites is 1. The number of methoxy groups -OCH3 is 2. The van der Waals surface area contributed by atoms with Gasteiger partial charge in [-0.3, -0.25) is 4.79 Å². The molecule has 0 heterocycles. The van der Waals surface area contributed by atoms with E-state index < -0.39 is 0 Å². The SMILES string of the molecule is COc1cc(/C=N\NC(=O)c2ccccc2OC)ccc1OCc1ccc(Cl)cc1Cl. The molecule has 160 valence electrons. The highest BCUT2D eigenvalue weighted by Crippen LogP contribution is 2.30. The minimum Gasteiger partial charge on any atom is -0.496 e. The second-order valence-corrected chi connectivity index (χ2v) is 7.18. The van der Waals surface area contributed by atoms with Crippen molar-refractivity contribution >= 4 is 35.3 Å². The lowest BCUT2D eigenvalue weighted by molar-refractivity contribution is 0.0952. The van der Waals surface area contributed by atoms with Crippen LogP contribution in [-0.2, 0) is 6.61 Å². The number of carbonyl (C=O) groups excluding carboxylic acids is 1. The Hall–Kier alpha value is -3.22. The number of nitrogens with one attached hydrogen (secondary N) is 1. The largest absolute Gasteiger partial charge is 0.496 e. The first kappa shape index (κ1) is 22.5. The van der Waals surface area contributed by atoms with Crippen molar-refractivity contribution in [2.45, 2.75) is 6.61 Å². The topological polar surface area (TPSA) is 69.2 Å². The Bertz CT molecular complexity index is 1100.